The second kappa shape index (κ2) is 4.91. The average molecular weight is 291 g/mol. The van der Waals surface area contributed by atoms with Crippen LogP contribution < -0.4 is 5.32 Å². The first-order valence-electron chi connectivity index (χ1n) is 6.51. The lowest BCUT2D eigenvalue weighted by molar-refractivity contribution is 0.0734. The van der Waals surface area contributed by atoms with Crippen molar-refractivity contribution < 1.29 is 18.0 Å². The molecule has 1 aliphatic carbocycles. The third kappa shape index (κ3) is 2.51. The van der Waals surface area contributed by atoms with Gasteiger partial charge in [0.1, 0.15) is 0 Å². The van der Waals surface area contributed by atoms with Gasteiger partial charge in [-0.3, -0.25) is 4.79 Å². The Hall–Kier alpha value is -2.30. The lowest BCUT2D eigenvalue weighted by Gasteiger charge is -2.20. The van der Waals surface area contributed by atoms with Gasteiger partial charge in [0.2, 0.25) is 0 Å². The van der Waals surface area contributed by atoms with Crippen molar-refractivity contribution in [3.63, 3.8) is 0 Å². The van der Waals surface area contributed by atoms with E-state index in [1.807, 2.05) is 0 Å². The Labute approximate surface area is 119 Å². The van der Waals surface area contributed by atoms with Crippen LogP contribution in [0.3, 0.4) is 0 Å². The SMILES string of the molecule is O=C(NC1(F)Cc2ccc(F)c(F)c2C1)c1ccccc1. The number of alkyl halides is 1. The topological polar surface area (TPSA) is 29.1 Å². The van der Waals surface area contributed by atoms with Gasteiger partial charge in [0, 0.05) is 18.4 Å². The normalized spacial score (nSPS) is 20.1. The summed E-state index contributed by atoms with van der Waals surface area (Å²) in [5.41, 5.74) is 0.688. The van der Waals surface area contributed by atoms with Gasteiger partial charge in [-0.1, -0.05) is 24.3 Å². The fourth-order valence-electron chi connectivity index (χ4n) is 2.59. The van der Waals surface area contributed by atoms with E-state index >= 15 is 0 Å². The highest BCUT2D eigenvalue weighted by molar-refractivity contribution is 5.94. The zero-order valence-electron chi connectivity index (χ0n) is 11.0. The quantitative estimate of drug-likeness (QED) is 0.846. The molecule has 1 amide bonds. The van der Waals surface area contributed by atoms with Crippen molar-refractivity contribution in [2.24, 2.45) is 0 Å². The van der Waals surface area contributed by atoms with E-state index in [0.717, 1.165) is 6.07 Å². The molecule has 2 aromatic carbocycles. The molecule has 108 valence electrons. The zero-order valence-corrected chi connectivity index (χ0v) is 11.0. The van der Waals surface area contributed by atoms with Crippen LogP contribution in [0.5, 0.6) is 0 Å². The van der Waals surface area contributed by atoms with Crippen molar-refractivity contribution in [3.8, 4) is 0 Å². The van der Waals surface area contributed by atoms with Gasteiger partial charge in [0.25, 0.3) is 5.91 Å². The van der Waals surface area contributed by atoms with Crippen LogP contribution in [0, 0.1) is 11.6 Å². The third-order valence-corrected chi connectivity index (χ3v) is 3.59. The summed E-state index contributed by atoms with van der Waals surface area (Å²) in [5.74, 6) is -4.72. The van der Waals surface area contributed by atoms with E-state index in [1.54, 1.807) is 30.3 Å². The summed E-state index contributed by atoms with van der Waals surface area (Å²) in [5, 5.41) is 2.27. The number of benzene rings is 2. The molecular formula is C16H12F3NO. The van der Waals surface area contributed by atoms with E-state index in [4.69, 9.17) is 0 Å². The van der Waals surface area contributed by atoms with Crippen molar-refractivity contribution in [2.45, 2.75) is 18.6 Å². The second-order valence-corrected chi connectivity index (χ2v) is 5.14. The summed E-state index contributed by atoms with van der Waals surface area (Å²) in [6.45, 7) is 0. The molecule has 2 aromatic rings. The molecule has 5 heteroatoms. The number of hydrogen-bond donors (Lipinski definition) is 1. The largest absolute Gasteiger partial charge is 0.319 e. The third-order valence-electron chi connectivity index (χ3n) is 3.59. The smallest absolute Gasteiger partial charge is 0.253 e. The Balaban J connectivity index is 1.82. The molecule has 0 bridgehead atoms. The molecule has 0 heterocycles. The molecule has 0 radical (unpaired) electrons. The number of rotatable bonds is 2. The highest BCUT2D eigenvalue weighted by Crippen LogP contribution is 2.34. The second-order valence-electron chi connectivity index (χ2n) is 5.14. The van der Waals surface area contributed by atoms with Gasteiger partial charge in [0.15, 0.2) is 17.4 Å². The highest BCUT2D eigenvalue weighted by atomic mass is 19.2. The summed E-state index contributed by atoms with van der Waals surface area (Å²) in [7, 11) is 0. The minimum Gasteiger partial charge on any atom is -0.319 e. The van der Waals surface area contributed by atoms with Crippen LogP contribution in [-0.4, -0.2) is 11.7 Å². The monoisotopic (exact) mass is 291 g/mol. The van der Waals surface area contributed by atoms with Gasteiger partial charge < -0.3 is 5.32 Å². The number of halogens is 3. The molecular weight excluding hydrogens is 279 g/mol. The first kappa shape index (κ1) is 13.7. The summed E-state index contributed by atoms with van der Waals surface area (Å²) in [4.78, 5) is 12.0. The predicted molar refractivity (Wildman–Crippen MR) is 71.5 cm³/mol. The molecule has 0 spiro atoms. The molecule has 1 atom stereocenters. The van der Waals surface area contributed by atoms with Crippen molar-refractivity contribution in [1.29, 1.82) is 0 Å². The highest BCUT2D eigenvalue weighted by Gasteiger charge is 2.41. The van der Waals surface area contributed by atoms with Gasteiger partial charge in [-0.25, -0.2) is 13.2 Å². The minimum absolute atomic E-state index is 0.00846. The molecule has 1 N–H and O–H groups in total. The Morgan fingerprint density at radius 3 is 2.48 bits per heavy atom. The fourth-order valence-corrected chi connectivity index (χ4v) is 2.59. The molecule has 0 saturated carbocycles. The van der Waals surface area contributed by atoms with Crippen LogP contribution >= 0.6 is 0 Å². The lowest BCUT2D eigenvalue weighted by atomic mass is 10.1. The maximum absolute atomic E-state index is 14.7. The summed E-state index contributed by atoms with van der Waals surface area (Å²) in [6, 6.07) is 10.5. The Morgan fingerprint density at radius 2 is 1.76 bits per heavy atom. The van der Waals surface area contributed by atoms with Crippen LogP contribution in [-0.2, 0) is 12.8 Å². The maximum atomic E-state index is 14.7. The Kier molecular flexibility index (Phi) is 3.20. The first-order chi connectivity index (χ1) is 9.98. The lowest BCUT2D eigenvalue weighted by Crippen LogP contribution is -2.45. The zero-order chi connectivity index (χ0) is 15.0. The first-order valence-corrected chi connectivity index (χ1v) is 6.51. The predicted octanol–water partition coefficient (Wildman–Crippen LogP) is 3.16. The number of carbonyl (C=O) groups excluding carboxylic acids is 1. The van der Waals surface area contributed by atoms with E-state index in [1.165, 1.54) is 6.07 Å². The number of fused-ring (bicyclic) bond motifs is 1. The summed E-state index contributed by atoms with van der Waals surface area (Å²) >= 11 is 0. The molecule has 21 heavy (non-hydrogen) atoms. The van der Waals surface area contributed by atoms with Crippen LogP contribution in [0.1, 0.15) is 21.5 Å². The number of hydrogen-bond acceptors (Lipinski definition) is 1. The van der Waals surface area contributed by atoms with Crippen LogP contribution in [0.2, 0.25) is 0 Å². The van der Waals surface area contributed by atoms with E-state index < -0.39 is 23.3 Å². The van der Waals surface area contributed by atoms with E-state index in [0.29, 0.717) is 11.1 Å². The summed E-state index contributed by atoms with van der Waals surface area (Å²) < 4.78 is 41.6. The van der Waals surface area contributed by atoms with E-state index in [2.05, 4.69) is 5.32 Å². The van der Waals surface area contributed by atoms with E-state index in [9.17, 15) is 18.0 Å². The molecule has 0 fully saturated rings. The number of amides is 1. The fraction of sp³-hybridized carbons (Fsp3) is 0.188. The van der Waals surface area contributed by atoms with E-state index in [-0.39, 0.29) is 18.4 Å². The standard InChI is InChI=1S/C16H12F3NO/c17-13-7-6-11-8-16(19,9-12(11)14(13)18)20-15(21)10-4-2-1-3-5-10/h1-7H,8-9H2,(H,20,21). The van der Waals surface area contributed by atoms with Crippen molar-refractivity contribution >= 4 is 5.91 Å². The van der Waals surface area contributed by atoms with Gasteiger partial charge in [-0.05, 0) is 29.3 Å². The Morgan fingerprint density at radius 1 is 1.05 bits per heavy atom. The average Bonchev–Trinajstić information content (AvgIpc) is 2.81. The maximum Gasteiger partial charge on any atom is 0.253 e. The molecule has 2 nitrogen and oxygen atoms in total. The van der Waals surface area contributed by atoms with Crippen molar-refractivity contribution in [3.05, 3.63) is 70.8 Å². The number of nitrogens with one attached hydrogen (secondary N) is 1. The Bertz CT molecular complexity index is 702. The van der Waals surface area contributed by atoms with Crippen molar-refractivity contribution in [2.75, 3.05) is 0 Å². The molecule has 3 rings (SSSR count). The molecule has 1 aliphatic rings. The molecule has 0 aliphatic heterocycles. The van der Waals surface area contributed by atoms with Gasteiger partial charge in [-0.15, -0.1) is 0 Å². The van der Waals surface area contributed by atoms with Crippen LogP contribution in [0.15, 0.2) is 42.5 Å². The summed E-state index contributed by atoms with van der Waals surface area (Å²) in [6.07, 6.45) is -0.539. The van der Waals surface area contributed by atoms with Crippen LogP contribution in [0.25, 0.3) is 0 Å². The van der Waals surface area contributed by atoms with Gasteiger partial charge >= 0.3 is 0 Å². The molecule has 0 saturated heterocycles. The van der Waals surface area contributed by atoms with Gasteiger partial charge in [-0.2, -0.15) is 0 Å². The van der Waals surface area contributed by atoms with Gasteiger partial charge in [0.05, 0.1) is 0 Å². The number of carbonyl (C=O) groups is 1. The van der Waals surface area contributed by atoms with Crippen molar-refractivity contribution in [1.82, 2.24) is 5.32 Å². The molecule has 1 unspecified atom stereocenters. The molecule has 0 aromatic heterocycles. The van der Waals surface area contributed by atoms with Crippen LogP contribution in [0.4, 0.5) is 13.2 Å². The minimum atomic E-state index is -2.09.